The third kappa shape index (κ3) is 2.34. The number of hydrogen-bond acceptors (Lipinski definition) is 4. The fourth-order valence-electron chi connectivity index (χ4n) is 2.78. The number of thiophene rings is 1. The number of hydrogen-bond donors (Lipinski definition) is 0. The van der Waals surface area contributed by atoms with Crippen molar-refractivity contribution in [3.05, 3.63) is 45.0 Å². The van der Waals surface area contributed by atoms with Crippen LogP contribution in [0, 0.1) is 6.92 Å². The lowest BCUT2D eigenvalue weighted by atomic mass is 10.2. The molecule has 0 radical (unpaired) electrons. The van der Waals surface area contributed by atoms with Gasteiger partial charge in [-0.3, -0.25) is 0 Å². The Balaban J connectivity index is 1.87. The molecule has 0 unspecified atom stereocenters. The first-order chi connectivity index (χ1) is 10.2. The number of halogens is 1. The largest absolute Gasteiger partial charge is 0.438 e. The summed E-state index contributed by atoms with van der Waals surface area (Å²) in [7, 11) is 0. The summed E-state index contributed by atoms with van der Waals surface area (Å²) in [4.78, 5) is 11.6. The van der Waals surface area contributed by atoms with E-state index in [1.54, 1.807) is 11.3 Å². The maximum absolute atomic E-state index is 6.06. The second-order valence-electron chi connectivity index (χ2n) is 5.17. The lowest BCUT2D eigenvalue weighted by Gasteiger charge is -2.08. The minimum Gasteiger partial charge on any atom is -0.438 e. The molecule has 0 saturated heterocycles. The van der Waals surface area contributed by atoms with Crippen LogP contribution in [0.1, 0.15) is 22.7 Å². The van der Waals surface area contributed by atoms with Crippen LogP contribution in [-0.4, -0.2) is 9.97 Å². The summed E-state index contributed by atoms with van der Waals surface area (Å²) >= 11 is 5.26. The quantitative estimate of drug-likeness (QED) is 0.641. The molecule has 106 valence electrons. The smallest absolute Gasteiger partial charge is 0.231 e. The number of ether oxygens (including phenoxy) is 1. The minimum absolute atomic E-state index is 0.690. The number of aryl methyl sites for hydroxylation is 3. The highest BCUT2D eigenvalue weighted by Crippen LogP contribution is 2.41. The van der Waals surface area contributed by atoms with Crippen molar-refractivity contribution in [3.8, 4) is 11.6 Å². The Labute approximate surface area is 135 Å². The van der Waals surface area contributed by atoms with Gasteiger partial charge in [0, 0.05) is 9.35 Å². The molecule has 1 aliphatic carbocycles. The Kier molecular flexibility index (Phi) is 3.19. The van der Waals surface area contributed by atoms with Crippen molar-refractivity contribution in [3.63, 3.8) is 0 Å². The summed E-state index contributed by atoms with van der Waals surface area (Å²) in [5.74, 6) is 2.24. The van der Waals surface area contributed by atoms with E-state index in [0.29, 0.717) is 5.88 Å². The van der Waals surface area contributed by atoms with E-state index in [1.807, 2.05) is 31.2 Å². The molecule has 2 heterocycles. The van der Waals surface area contributed by atoms with Gasteiger partial charge >= 0.3 is 0 Å². The average Bonchev–Trinajstić information content (AvgIpc) is 2.98. The number of rotatable bonds is 2. The molecule has 0 bridgehead atoms. The minimum atomic E-state index is 0.690. The fraction of sp³-hybridized carbons (Fsp3) is 0.250. The van der Waals surface area contributed by atoms with E-state index < -0.39 is 0 Å². The lowest BCUT2D eigenvalue weighted by molar-refractivity contribution is 0.466. The summed E-state index contributed by atoms with van der Waals surface area (Å²) in [6, 6.07) is 7.84. The molecule has 0 atom stereocenters. The molecule has 3 aromatic rings. The first-order valence-electron chi connectivity index (χ1n) is 6.93. The first-order valence-corrected chi connectivity index (χ1v) is 8.54. The number of fused-ring (bicyclic) bond motifs is 3. The van der Waals surface area contributed by atoms with Crippen molar-refractivity contribution in [1.29, 1.82) is 0 Å². The Morgan fingerprint density at radius 2 is 2.14 bits per heavy atom. The molecule has 0 amide bonds. The summed E-state index contributed by atoms with van der Waals surface area (Å²) in [5.41, 5.74) is 1.39. The van der Waals surface area contributed by atoms with Gasteiger partial charge in [0.15, 0.2) is 0 Å². The third-order valence-corrected chi connectivity index (χ3v) is 5.33. The van der Waals surface area contributed by atoms with E-state index in [0.717, 1.165) is 39.1 Å². The van der Waals surface area contributed by atoms with E-state index in [2.05, 4.69) is 25.9 Å². The molecule has 0 spiro atoms. The van der Waals surface area contributed by atoms with Crippen molar-refractivity contribution in [2.75, 3.05) is 0 Å². The monoisotopic (exact) mass is 360 g/mol. The second-order valence-corrected chi connectivity index (χ2v) is 7.17. The van der Waals surface area contributed by atoms with Crippen molar-refractivity contribution >= 4 is 37.5 Å². The molecule has 2 aromatic heterocycles. The van der Waals surface area contributed by atoms with Gasteiger partial charge in [0.05, 0.1) is 5.39 Å². The highest BCUT2D eigenvalue weighted by molar-refractivity contribution is 9.10. The number of aromatic nitrogens is 2. The second kappa shape index (κ2) is 5.07. The molecular formula is C16H13BrN2OS. The molecule has 21 heavy (non-hydrogen) atoms. The summed E-state index contributed by atoms with van der Waals surface area (Å²) in [5, 5.41) is 1.11. The number of nitrogens with zero attached hydrogens (tertiary/aromatic N) is 2. The zero-order valence-electron chi connectivity index (χ0n) is 11.5. The van der Waals surface area contributed by atoms with Crippen LogP contribution in [0.3, 0.4) is 0 Å². The van der Waals surface area contributed by atoms with Crippen LogP contribution in [-0.2, 0) is 12.8 Å². The van der Waals surface area contributed by atoms with E-state index in [-0.39, 0.29) is 0 Å². The van der Waals surface area contributed by atoms with Gasteiger partial charge in [-0.15, -0.1) is 11.3 Å². The SMILES string of the molecule is Cc1nc(Oc2cccc(Br)c2)c2c3c(sc2n1)CCC3. The van der Waals surface area contributed by atoms with E-state index in [9.17, 15) is 0 Å². The van der Waals surface area contributed by atoms with Gasteiger partial charge < -0.3 is 4.74 Å². The van der Waals surface area contributed by atoms with Gasteiger partial charge in [-0.25, -0.2) is 4.98 Å². The van der Waals surface area contributed by atoms with Crippen LogP contribution in [0.15, 0.2) is 28.7 Å². The van der Waals surface area contributed by atoms with E-state index in [4.69, 9.17) is 4.74 Å². The van der Waals surface area contributed by atoms with Gasteiger partial charge in [0.25, 0.3) is 0 Å². The van der Waals surface area contributed by atoms with Crippen LogP contribution in [0.4, 0.5) is 0 Å². The maximum atomic E-state index is 6.06. The Morgan fingerprint density at radius 3 is 3.00 bits per heavy atom. The van der Waals surface area contributed by atoms with Gasteiger partial charge in [-0.05, 0) is 49.9 Å². The predicted molar refractivity (Wildman–Crippen MR) is 88.4 cm³/mol. The Hall–Kier alpha value is -1.46. The summed E-state index contributed by atoms with van der Waals surface area (Å²) in [6.45, 7) is 1.91. The lowest BCUT2D eigenvalue weighted by Crippen LogP contribution is -1.95. The van der Waals surface area contributed by atoms with E-state index >= 15 is 0 Å². The van der Waals surface area contributed by atoms with Crippen LogP contribution < -0.4 is 4.74 Å². The van der Waals surface area contributed by atoms with Gasteiger partial charge in [0.1, 0.15) is 16.4 Å². The number of benzene rings is 1. The normalized spacial score (nSPS) is 13.6. The van der Waals surface area contributed by atoms with Gasteiger partial charge in [-0.1, -0.05) is 22.0 Å². The predicted octanol–water partition coefficient (Wildman–Crippen LogP) is 5.04. The highest BCUT2D eigenvalue weighted by Gasteiger charge is 2.22. The fourth-order valence-corrected chi connectivity index (χ4v) is 4.46. The van der Waals surface area contributed by atoms with Crippen molar-refractivity contribution in [1.82, 2.24) is 9.97 Å². The summed E-state index contributed by atoms with van der Waals surface area (Å²) in [6.07, 6.45) is 3.49. The molecule has 4 rings (SSSR count). The van der Waals surface area contributed by atoms with Crippen LogP contribution in [0.2, 0.25) is 0 Å². The molecule has 1 aliphatic rings. The molecule has 0 N–H and O–H groups in total. The Bertz CT molecular complexity index is 844. The average molecular weight is 361 g/mol. The van der Waals surface area contributed by atoms with Crippen molar-refractivity contribution in [2.24, 2.45) is 0 Å². The van der Waals surface area contributed by atoms with Crippen LogP contribution in [0.5, 0.6) is 11.6 Å². The molecular weight excluding hydrogens is 348 g/mol. The van der Waals surface area contributed by atoms with Crippen molar-refractivity contribution in [2.45, 2.75) is 26.2 Å². The topological polar surface area (TPSA) is 35.0 Å². The van der Waals surface area contributed by atoms with E-state index in [1.165, 1.54) is 16.9 Å². The molecule has 1 aromatic carbocycles. The summed E-state index contributed by atoms with van der Waals surface area (Å²) < 4.78 is 7.06. The molecule has 0 aliphatic heterocycles. The molecule has 0 fully saturated rings. The molecule has 0 saturated carbocycles. The first kappa shape index (κ1) is 13.2. The molecule has 3 nitrogen and oxygen atoms in total. The van der Waals surface area contributed by atoms with Crippen LogP contribution in [0.25, 0.3) is 10.2 Å². The zero-order valence-corrected chi connectivity index (χ0v) is 13.9. The van der Waals surface area contributed by atoms with Gasteiger partial charge in [-0.2, -0.15) is 4.98 Å². The third-order valence-electron chi connectivity index (χ3n) is 3.65. The maximum Gasteiger partial charge on any atom is 0.231 e. The van der Waals surface area contributed by atoms with Gasteiger partial charge in [0.2, 0.25) is 5.88 Å². The molecule has 5 heteroatoms. The Morgan fingerprint density at radius 1 is 1.24 bits per heavy atom. The zero-order chi connectivity index (χ0) is 14.4. The standard InChI is InChI=1S/C16H13BrN2OS/c1-9-18-15(20-11-5-2-4-10(17)8-11)14-12-6-3-7-13(12)21-16(14)19-9/h2,4-5,8H,3,6-7H2,1H3. The van der Waals surface area contributed by atoms with Crippen LogP contribution >= 0.6 is 27.3 Å². The van der Waals surface area contributed by atoms with Crippen molar-refractivity contribution < 1.29 is 4.74 Å². The highest BCUT2D eigenvalue weighted by atomic mass is 79.9.